The van der Waals surface area contributed by atoms with Gasteiger partial charge in [-0.2, -0.15) is 11.8 Å². The number of hydrogen-bond acceptors (Lipinski definition) is 2. The number of halogens is 1. The van der Waals surface area contributed by atoms with E-state index in [2.05, 4.69) is 0 Å². The summed E-state index contributed by atoms with van der Waals surface area (Å²) in [5, 5.41) is 8.58. The monoisotopic (exact) mass is 200 g/mol. The van der Waals surface area contributed by atoms with Crippen LogP contribution in [0.3, 0.4) is 0 Å². The average molecular weight is 200 g/mol. The first-order valence-corrected chi connectivity index (χ1v) is 5.33. The van der Waals surface area contributed by atoms with Gasteiger partial charge in [-0.15, -0.1) is 0 Å². The van der Waals surface area contributed by atoms with Gasteiger partial charge in [0.25, 0.3) is 0 Å². The first-order chi connectivity index (χ1) is 6.24. The molecule has 0 aliphatic rings. The van der Waals surface area contributed by atoms with Crippen molar-refractivity contribution in [3.8, 4) is 0 Å². The molecule has 0 bridgehead atoms. The van der Waals surface area contributed by atoms with Crippen molar-refractivity contribution in [2.75, 3.05) is 12.4 Å². The number of benzene rings is 1. The van der Waals surface area contributed by atoms with Gasteiger partial charge in [0.1, 0.15) is 5.82 Å². The molecule has 0 fully saturated rings. The van der Waals surface area contributed by atoms with Crippen LogP contribution >= 0.6 is 11.8 Å². The molecule has 0 amide bonds. The molecule has 1 aromatic rings. The Labute approximate surface area is 82.0 Å². The van der Waals surface area contributed by atoms with E-state index in [1.165, 1.54) is 12.1 Å². The molecule has 0 atom stereocenters. The lowest BCUT2D eigenvalue weighted by Crippen LogP contribution is -1.91. The number of aliphatic hydroxyl groups excluding tert-OH is 1. The van der Waals surface area contributed by atoms with Crippen molar-refractivity contribution in [1.29, 1.82) is 0 Å². The molecule has 0 aromatic heterocycles. The molecule has 0 aliphatic carbocycles. The van der Waals surface area contributed by atoms with E-state index in [1.54, 1.807) is 17.8 Å². The zero-order chi connectivity index (χ0) is 9.68. The van der Waals surface area contributed by atoms with Crippen LogP contribution in [0.2, 0.25) is 0 Å². The normalized spacial score (nSPS) is 10.4. The van der Waals surface area contributed by atoms with Gasteiger partial charge in [0.15, 0.2) is 0 Å². The van der Waals surface area contributed by atoms with Gasteiger partial charge in [0.2, 0.25) is 0 Å². The maximum Gasteiger partial charge on any atom is 0.123 e. The summed E-state index contributed by atoms with van der Waals surface area (Å²) >= 11 is 1.65. The van der Waals surface area contributed by atoms with Crippen LogP contribution in [0, 0.1) is 12.7 Å². The molecule has 0 spiro atoms. The Morgan fingerprint density at radius 3 is 2.85 bits per heavy atom. The molecular weight excluding hydrogens is 187 g/mol. The highest BCUT2D eigenvalue weighted by atomic mass is 32.2. The molecule has 0 saturated heterocycles. The number of thioether (sulfide) groups is 1. The number of aryl methyl sites for hydroxylation is 1. The summed E-state index contributed by atoms with van der Waals surface area (Å²) in [6.07, 6.45) is 0. The molecule has 0 unspecified atom stereocenters. The van der Waals surface area contributed by atoms with Crippen LogP contribution in [0.1, 0.15) is 11.1 Å². The van der Waals surface area contributed by atoms with Crippen LogP contribution in [-0.2, 0) is 5.75 Å². The molecule has 1 N–H and O–H groups in total. The van der Waals surface area contributed by atoms with Crippen molar-refractivity contribution >= 4 is 11.8 Å². The van der Waals surface area contributed by atoms with E-state index in [9.17, 15) is 4.39 Å². The Morgan fingerprint density at radius 2 is 2.23 bits per heavy atom. The van der Waals surface area contributed by atoms with Crippen molar-refractivity contribution in [2.24, 2.45) is 0 Å². The zero-order valence-corrected chi connectivity index (χ0v) is 8.40. The minimum atomic E-state index is -0.187. The third kappa shape index (κ3) is 3.36. The minimum absolute atomic E-state index is 0.187. The second-order valence-electron chi connectivity index (χ2n) is 2.85. The molecule has 0 saturated carbocycles. The quantitative estimate of drug-likeness (QED) is 0.753. The summed E-state index contributed by atoms with van der Waals surface area (Å²) in [6, 6.07) is 4.81. The first-order valence-electron chi connectivity index (χ1n) is 4.17. The molecule has 0 radical (unpaired) electrons. The summed E-state index contributed by atoms with van der Waals surface area (Å²) in [5.74, 6) is 1.39. The Hall–Kier alpha value is -0.540. The second-order valence-corrected chi connectivity index (χ2v) is 3.95. The predicted octanol–water partition coefficient (Wildman–Crippen LogP) is 2.36. The van der Waals surface area contributed by atoms with Gasteiger partial charge in [-0.3, -0.25) is 0 Å². The molecule has 1 nitrogen and oxygen atoms in total. The van der Waals surface area contributed by atoms with Gasteiger partial charge >= 0.3 is 0 Å². The van der Waals surface area contributed by atoms with E-state index in [0.717, 1.165) is 22.6 Å². The van der Waals surface area contributed by atoms with Crippen LogP contribution in [0.15, 0.2) is 18.2 Å². The highest BCUT2D eigenvalue weighted by Crippen LogP contribution is 2.16. The van der Waals surface area contributed by atoms with E-state index < -0.39 is 0 Å². The van der Waals surface area contributed by atoms with Crippen molar-refractivity contribution in [1.82, 2.24) is 0 Å². The van der Waals surface area contributed by atoms with Gasteiger partial charge < -0.3 is 5.11 Å². The Bertz CT molecular complexity index is 276. The molecule has 0 aliphatic heterocycles. The summed E-state index contributed by atoms with van der Waals surface area (Å²) in [5.41, 5.74) is 2.12. The SMILES string of the molecule is Cc1cc(F)ccc1CSCCO. The fourth-order valence-corrected chi connectivity index (χ4v) is 1.89. The van der Waals surface area contributed by atoms with Crippen molar-refractivity contribution in [3.63, 3.8) is 0 Å². The Morgan fingerprint density at radius 1 is 1.46 bits per heavy atom. The molecule has 13 heavy (non-hydrogen) atoms. The molecule has 3 heteroatoms. The molecule has 0 heterocycles. The second kappa shape index (κ2) is 5.25. The van der Waals surface area contributed by atoms with Gasteiger partial charge in [0, 0.05) is 11.5 Å². The average Bonchev–Trinajstić information content (AvgIpc) is 2.09. The Balaban J connectivity index is 2.56. The third-order valence-electron chi connectivity index (χ3n) is 1.80. The fourth-order valence-electron chi connectivity index (χ4n) is 1.07. The summed E-state index contributed by atoms with van der Waals surface area (Å²) in [4.78, 5) is 0. The lowest BCUT2D eigenvalue weighted by Gasteiger charge is -2.04. The minimum Gasteiger partial charge on any atom is -0.396 e. The maximum absolute atomic E-state index is 12.7. The molecule has 1 aromatic carbocycles. The summed E-state index contributed by atoms with van der Waals surface area (Å²) in [6.45, 7) is 2.10. The number of aliphatic hydroxyl groups is 1. The fraction of sp³-hybridized carbons (Fsp3) is 0.400. The van der Waals surface area contributed by atoms with Crippen LogP contribution in [0.5, 0.6) is 0 Å². The zero-order valence-electron chi connectivity index (χ0n) is 7.59. The van der Waals surface area contributed by atoms with Gasteiger partial charge in [-0.05, 0) is 30.2 Å². The van der Waals surface area contributed by atoms with Gasteiger partial charge in [-0.25, -0.2) is 4.39 Å². The highest BCUT2D eigenvalue weighted by molar-refractivity contribution is 7.98. The highest BCUT2D eigenvalue weighted by Gasteiger charge is 1.99. The lowest BCUT2D eigenvalue weighted by atomic mass is 10.1. The van der Waals surface area contributed by atoms with Crippen molar-refractivity contribution in [2.45, 2.75) is 12.7 Å². The molecule has 1 rings (SSSR count). The van der Waals surface area contributed by atoms with Gasteiger partial charge in [0.05, 0.1) is 6.61 Å². The van der Waals surface area contributed by atoms with Crippen LogP contribution in [0.25, 0.3) is 0 Å². The van der Waals surface area contributed by atoms with E-state index in [1.807, 2.05) is 6.92 Å². The summed E-state index contributed by atoms with van der Waals surface area (Å²) in [7, 11) is 0. The topological polar surface area (TPSA) is 20.2 Å². The standard InChI is InChI=1S/C10H13FOS/c1-8-6-10(11)3-2-9(8)7-13-5-4-12/h2-3,6,12H,4-5,7H2,1H3. The summed E-state index contributed by atoms with van der Waals surface area (Å²) < 4.78 is 12.7. The first kappa shape index (κ1) is 10.5. The number of rotatable bonds is 4. The third-order valence-corrected chi connectivity index (χ3v) is 2.78. The van der Waals surface area contributed by atoms with Crippen molar-refractivity contribution in [3.05, 3.63) is 35.1 Å². The maximum atomic E-state index is 12.7. The van der Waals surface area contributed by atoms with Crippen LogP contribution < -0.4 is 0 Å². The molecular formula is C10H13FOS. The van der Waals surface area contributed by atoms with E-state index >= 15 is 0 Å². The van der Waals surface area contributed by atoms with Gasteiger partial charge in [-0.1, -0.05) is 6.07 Å². The smallest absolute Gasteiger partial charge is 0.123 e. The number of hydrogen-bond donors (Lipinski definition) is 1. The van der Waals surface area contributed by atoms with E-state index in [-0.39, 0.29) is 12.4 Å². The predicted molar refractivity (Wildman–Crippen MR) is 54.4 cm³/mol. The van der Waals surface area contributed by atoms with E-state index in [0.29, 0.717) is 0 Å². The molecule has 72 valence electrons. The van der Waals surface area contributed by atoms with E-state index in [4.69, 9.17) is 5.11 Å². The van der Waals surface area contributed by atoms with Crippen LogP contribution in [-0.4, -0.2) is 17.5 Å². The largest absolute Gasteiger partial charge is 0.396 e. The Kier molecular flexibility index (Phi) is 4.25. The van der Waals surface area contributed by atoms with Crippen LogP contribution in [0.4, 0.5) is 4.39 Å². The lowest BCUT2D eigenvalue weighted by molar-refractivity contribution is 0.322. The van der Waals surface area contributed by atoms with Crippen molar-refractivity contribution < 1.29 is 9.50 Å².